The molecule has 2 aliphatic rings. The van der Waals surface area contributed by atoms with Gasteiger partial charge in [0.1, 0.15) is 0 Å². The first-order chi connectivity index (χ1) is 7.66. The molecule has 3 atom stereocenters. The van der Waals surface area contributed by atoms with Crippen LogP contribution in [0, 0.1) is 5.92 Å². The van der Waals surface area contributed by atoms with Gasteiger partial charge in [0.2, 0.25) is 0 Å². The first-order valence-corrected chi connectivity index (χ1v) is 6.64. The van der Waals surface area contributed by atoms with Crippen molar-refractivity contribution in [3.8, 4) is 0 Å². The van der Waals surface area contributed by atoms with Gasteiger partial charge < -0.3 is 5.11 Å². The molecular formula is C13H23NO2. The van der Waals surface area contributed by atoms with E-state index in [2.05, 4.69) is 11.8 Å². The van der Waals surface area contributed by atoms with Crippen molar-refractivity contribution < 1.29 is 9.90 Å². The molecule has 1 heterocycles. The second-order valence-corrected chi connectivity index (χ2v) is 5.56. The maximum atomic E-state index is 10.8. The van der Waals surface area contributed by atoms with Crippen molar-refractivity contribution in [3.63, 3.8) is 0 Å². The van der Waals surface area contributed by atoms with Gasteiger partial charge in [-0.15, -0.1) is 0 Å². The molecule has 3 heteroatoms. The summed E-state index contributed by atoms with van der Waals surface area (Å²) in [6.45, 7) is 3.45. The molecule has 0 aromatic carbocycles. The smallest absolute Gasteiger partial charge is 0.304 e. The standard InChI is InChI=1S/C13H23NO2/c1-10-4-2-5-11(8-10)14-7-3-6-12(14)9-13(15)16/h10-12H,2-9H2,1H3,(H,15,16). The van der Waals surface area contributed by atoms with E-state index in [0.717, 1.165) is 18.9 Å². The molecule has 0 aromatic rings. The maximum absolute atomic E-state index is 10.8. The van der Waals surface area contributed by atoms with Crippen LogP contribution >= 0.6 is 0 Å². The second kappa shape index (κ2) is 5.17. The molecule has 1 aliphatic heterocycles. The molecule has 0 bridgehead atoms. The lowest BCUT2D eigenvalue weighted by atomic mass is 9.86. The molecule has 92 valence electrons. The third-order valence-electron chi connectivity index (χ3n) is 4.21. The van der Waals surface area contributed by atoms with E-state index in [1.165, 1.54) is 32.1 Å². The second-order valence-electron chi connectivity index (χ2n) is 5.56. The minimum atomic E-state index is -0.638. The Kier molecular flexibility index (Phi) is 3.85. The van der Waals surface area contributed by atoms with Crippen molar-refractivity contribution in [2.45, 2.75) is 64.0 Å². The van der Waals surface area contributed by atoms with Crippen LogP contribution in [0.3, 0.4) is 0 Å². The van der Waals surface area contributed by atoms with Crippen LogP contribution in [0.25, 0.3) is 0 Å². The van der Waals surface area contributed by atoms with Crippen LogP contribution in [-0.4, -0.2) is 34.6 Å². The number of carboxylic acid groups (broad SMARTS) is 1. The normalized spacial score (nSPS) is 36.4. The molecule has 3 nitrogen and oxygen atoms in total. The summed E-state index contributed by atoms with van der Waals surface area (Å²) in [6.07, 6.45) is 7.83. The van der Waals surface area contributed by atoms with Crippen molar-refractivity contribution in [2.75, 3.05) is 6.54 Å². The van der Waals surface area contributed by atoms with Gasteiger partial charge in [0.15, 0.2) is 0 Å². The van der Waals surface area contributed by atoms with Gasteiger partial charge in [0, 0.05) is 12.1 Å². The van der Waals surface area contributed by atoms with Crippen molar-refractivity contribution >= 4 is 5.97 Å². The highest BCUT2D eigenvalue weighted by molar-refractivity contribution is 5.67. The lowest BCUT2D eigenvalue weighted by Crippen LogP contribution is -2.42. The minimum Gasteiger partial charge on any atom is -0.481 e. The summed E-state index contributed by atoms with van der Waals surface area (Å²) in [5.74, 6) is 0.186. The number of carboxylic acids is 1. The predicted octanol–water partition coefficient (Wildman–Crippen LogP) is 2.50. The van der Waals surface area contributed by atoms with Gasteiger partial charge in [0.05, 0.1) is 6.42 Å². The van der Waals surface area contributed by atoms with E-state index >= 15 is 0 Å². The molecule has 2 rings (SSSR count). The van der Waals surface area contributed by atoms with Crippen molar-refractivity contribution in [2.24, 2.45) is 5.92 Å². The molecule has 3 unspecified atom stereocenters. The van der Waals surface area contributed by atoms with E-state index in [-0.39, 0.29) is 0 Å². The Balaban J connectivity index is 1.93. The first-order valence-electron chi connectivity index (χ1n) is 6.64. The minimum absolute atomic E-state index is 0.313. The van der Waals surface area contributed by atoms with Crippen LogP contribution in [0.15, 0.2) is 0 Å². The summed E-state index contributed by atoms with van der Waals surface area (Å²) in [5, 5.41) is 8.92. The lowest BCUT2D eigenvalue weighted by molar-refractivity contribution is -0.138. The van der Waals surface area contributed by atoms with Crippen LogP contribution < -0.4 is 0 Å². The van der Waals surface area contributed by atoms with E-state index in [4.69, 9.17) is 5.11 Å². The molecule has 0 amide bonds. The highest BCUT2D eigenvalue weighted by Crippen LogP contribution is 2.32. The number of hydrogen-bond acceptors (Lipinski definition) is 2. The van der Waals surface area contributed by atoms with Crippen LogP contribution in [0.1, 0.15) is 51.9 Å². The number of nitrogens with zero attached hydrogens (tertiary/aromatic N) is 1. The molecule has 16 heavy (non-hydrogen) atoms. The molecule has 2 fully saturated rings. The Morgan fingerprint density at radius 2 is 2.12 bits per heavy atom. The third-order valence-corrected chi connectivity index (χ3v) is 4.21. The molecule has 0 aromatic heterocycles. The fraction of sp³-hybridized carbons (Fsp3) is 0.923. The molecule has 1 N–H and O–H groups in total. The average Bonchev–Trinajstić information content (AvgIpc) is 2.65. The van der Waals surface area contributed by atoms with Gasteiger partial charge in [-0.05, 0) is 38.1 Å². The van der Waals surface area contributed by atoms with E-state index in [1.54, 1.807) is 0 Å². The van der Waals surface area contributed by atoms with Gasteiger partial charge in [-0.3, -0.25) is 9.69 Å². The highest BCUT2D eigenvalue weighted by Gasteiger charge is 2.33. The van der Waals surface area contributed by atoms with Crippen LogP contribution in [0.4, 0.5) is 0 Å². The molecule has 1 saturated carbocycles. The van der Waals surface area contributed by atoms with Crippen LogP contribution in [0.2, 0.25) is 0 Å². The first kappa shape index (κ1) is 11.9. The highest BCUT2D eigenvalue weighted by atomic mass is 16.4. The third kappa shape index (κ3) is 2.76. The maximum Gasteiger partial charge on any atom is 0.304 e. The fourth-order valence-corrected chi connectivity index (χ4v) is 3.46. The molecule has 0 spiro atoms. The fourth-order valence-electron chi connectivity index (χ4n) is 3.46. The number of likely N-dealkylation sites (tertiary alicyclic amines) is 1. The Morgan fingerprint density at radius 1 is 1.31 bits per heavy atom. The van der Waals surface area contributed by atoms with E-state index < -0.39 is 5.97 Å². The Hall–Kier alpha value is -0.570. The summed E-state index contributed by atoms with van der Waals surface area (Å²) < 4.78 is 0. The lowest BCUT2D eigenvalue weighted by Gasteiger charge is -2.37. The number of hydrogen-bond donors (Lipinski definition) is 1. The Bertz CT molecular complexity index is 254. The predicted molar refractivity (Wildman–Crippen MR) is 63.4 cm³/mol. The summed E-state index contributed by atoms with van der Waals surface area (Å²) in [5.41, 5.74) is 0. The van der Waals surface area contributed by atoms with Crippen LogP contribution in [0.5, 0.6) is 0 Å². The van der Waals surface area contributed by atoms with Crippen LogP contribution in [-0.2, 0) is 4.79 Å². The summed E-state index contributed by atoms with van der Waals surface area (Å²) in [7, 11) is 0. The molecule has 0 radical (unpaired) electrons. The van der Waals surface area contributed by atoms with E-state index in [9.17, 15) is 4.79 Å². The van der Waals surface area contributed by atoms with E-state index in [1.807, 2.05) is 0 Å². The van der Waals surface area contributed by atoms with Gasteiger partial charge >= 0.3 is 5.97 Å². The van der Waals surface area contributed by atoms with Crippen molar-refractivity contribution in [1.29, 1.82) is 0 Å². The average molecular weight is 225 g/mol. The summed E-state index contributed by atoms with van der Waals surface area (Å²) in [4.78, 5) is 13.3. The number of aliphatic carboxylic acids is 1. The number of rotatable bonds is 3. The molecule has 1 saturated heterocycles. The van der Waals surface area contributed by atoms with Gasteiger partial charge in [-0.25, -0.2) is 0 Å². The van der Waals surface area contributed by atoms with Gasteiger partial charge in [-0.1, -0.05) is 19.8 Å². The Morgan fingerprint density at radius 3 is 2.81 bits per heavy atom. The van der Waals surface area contributed by atoms with Crippen molar-refractivity contribution in [1.82, 2.24) is 4.90 Å². The zero-order valence-electron chi connectivity index (χ0n) is 10.2. The van der Waals surface area contributed by atoms with E-state index in [0.29, 0.717) is 18.5 Å². The largest absolute Gasteiger partial charge is 0.481 e. The zero-order chi connectivity index (χ0) is 11.5. The van der Waals surface area contributed by atoms with Crippen molar-refractivity contribution in [3.05, 3.63) is 0 Å². The SMILES string of the molecule is CC1CCCC(N2CCCC2CC(=O)O)C1. The molecular weight excluding hydrogens is 202 g/mol. The van der Waals surface area contributed by atoms with Gasteiger partial charge in [0.25, 0.3) is 0 Å². The molecule has 1 aliphatic carbocycles. The topological polar surface area (TPSA) is 40.5 Å². The Labute approximate surface area is 97.8 Å². The number of carbonyl (C=O) groups is 1. The summed E-state index contributed by atoms with van der Waals surface area (Å²) >= 11 is 0. The summed E-state index contributed by atoms with van der Waals surface area (Å²) in [6, 6.07) is 0.975. The quantitative estimate of drug-likeness (QED) is 0.802. The zero-order valence-corrected chi connectivity index (χ0v) is 10.2. The van der Waals surface area contributed by atoms with Gasteiger partial charge in [-0.2, -0.15) is 0 Å². The monoisotopic (exact) mass is 225 g/mol.